The first-order valence-corrected chi connectivity index (χ1v) is 16.0. The number of amides is 4. The second-order valence-electron chi connectivity index (χ2n) is 11.9. The van der Waals surface area contributed by atoms with E-state index in [2.05, 4.69) is 22.5 Å². The van der Waals surface area contributed by atoms with Crippen LogP contribution in [0.15, 0.2) is 60.7 Å². The SMILES string of the molecule is CCCCC1CC(NC(=O)Nc2cc(C(N)=O)c(F)cc2F)CCN1Cc1ccc(Oc2ccc(C(=O)N3CCOCC3)cc2)cc1. The fourth-order valence-corrected chi connectivity index (χ4v) is 6.00. The Labute approximate surface area is 273 Å². The number of likely N-dealkylation sites (tertiary alicyclic amines) is 1. The van der Waals surface area contributed by atoms with Gasteiger partial charge in [0.2, 0.25) is 0 Å². The third-order valence-corrected chi connectivity index (χ3v) is 8.58. The highest BCUT2D eigenvalue weighted by molar-refractivity contribution is 5.96. The summed E-state index contributed by atoms with van der Waals surface area (Å²) in [6.45, 7) is 5.94. The third kappa shape index (κ3) is 9.05. The molecule has 5 rings (SSSR count). The Balaban J connectivity index is 1.14. The van der Waals surface area contributed by atoms with Gasteiger partial charge in [0, 0.05) is 49.9 Å². The first-order valence-electron chi connectivity index (χ1n) is 16.0. The van der Waals surface area contributed by atoms with Crippen LogP contribution >= 0.6 is 0 Å². The van der Waals surface area contributed by atoms with Crippen LogP contribution in [-0.4, -0.2) is 72.6 Å². The van der Waals surface area contributed by atoms with E-state index in [0.29, 0.717) is 55.9 Å². The van der Waals surface area contributed by atoms with Gasteiger partial charge < -0.3 is 30.7 Å². The lowest BCUT2D eigenvalue weighted by Crippen LogP contribution is -2.50. The normalized spacial score (nSPS) is 18.4. The molecule has 2 aliphatic heterocycles. The molecule has 2 atom stereocenters. The number of ether oxygens (including phenoxy) is 2. The quantitative estimate of drug-likeness (QED) is 0.246. The van der Waals surface area contributed by atoms with E-state index in [1.165, 1.54) is 0 Å². The number of benzene rings is 3. The number of unbranched alkanes of at least 4 members (excludes halogenated alkanes) is 1. The van der Waals surface area contributed by atoms with Crippen molar-refractivity contribution in [3.8, 4) is 11.5 Å². The summed E-state index contributed by atoms with van der Waals surface area (Å²) in [5.74, 6) is -1.81. The number of carbonyl (C=O) groups is 3. The van der Waals surface area contributed by atoms with Crippen LogP contribution in [0.1, 0.15) is 65.3 Å². The molecule has 2 aliphatic rings. The smallest absolute Gasteiger partial charge is 0.319 e. The molecule has 0 spiro atoms. The predicted molar refractivity (Wildman–Crippen MR) is 173 cm³/mol. The summed E-state index contributed by atoms with van der Waals surface area (Å²) >= 11 is 0. The van der Waals surface area contributed by atoms with Crippen LogP contribution in [0.5, 0.6) is 11.5 Å². The molecule has 0 radical (unpaired) electrons. The Morgan fingerprint density at radius 3 is 2.30 bits per heavy atom. The molecular weight excluding hydrogens is 608 g/mol. The van der Waals surface area contributed by atoms with Crippen LogP contribution in [0.2, 0.25) is 0 Å². The fourth-order valence-electron chi connectivity index (χ4n) is 6.00. The van der Waals surface area contributed by atoms with E-state index in [1.807, 2.05) is 24.3 Å². The van der Waals surface area contributed by atoms with E-state index in [0.717, 1.165) is 50.4 Å². The van der Waals surface area contributed by atoms with Gasteiger partial charge in [0.15, 0.2) is 0 Å². The Bertz CT molecular complexity index is 1550. The number of anilines is 1. The van der Waals surface area contributed by atoms with E-state index < -0.39 is 29.1 Å². The number of carbonyl (C=O) groups excluding carboxylic acids is 3. The van der Waals surface area contributed by atoms with Gasteiger partial charge in [0.05, 0.1) is 24.5 Å². The van der Waals surface area contributed by atoms with Gasteiger partial charge in [0.1, 0.15) is 23.1 Å². The van der Waals surface area contributed by atoms with E-state index in [-0.39, 0.29) is 23.7 Å². The number of halogens is 2. The molecular formula is C35H41F2N5O5. The van der Waals surface area contributed by atoms with Crippen molar-refractivity contribution in [1.29, 1.82) is 0 Å². The van der Waals surface area contributed by atoms with Gasteiger partial charge in [0.25, 0.3) is 11.8 Å². The van der Waals surface area contributed by atoms with Crippen LogP contribution in [0.4, 0.5) is 19.3 Å². The van der Waals surface area contributed by atoms with Gasteiger partial charge in [-0.05, 0) is 67.3 Å². The molecule has 4 N–H and O–H groups in total. The monoisotopic (exact) mass is 649 g/mol. The number of nitrogens with two attached hydrogens (primary N) is 1. The average molecular weight is 650 g/mol. The Kier molecular flexibility index (Phi) is 11.4. The molecule has 0 aromatic heterocycles. The predicted octanol–water partition coefficient (Wildman–Crippen LogP) is 5.67. The van der Waals surface area contributed by atoms with Crippen molar-refractivity contribution in [3.05, 3.63) is 89.0 Å². The number of rotatable bonds is 11. The highest BCUT2D eigenvalue weighted by atomic mass is 19.1. The molecule has 10 nitrogen and oxygen atoms in total. The Morgan fingerprint density at radius 1 is 0.957 bits per heavy atom. The maximum atomic E-state index is 14.3. The minimum Gasteiger partial charge on any atom is -0.457 e. The Hall–Kier alpha value is -4.55. The number of nitrogens with zero attached hydrogens (tertiary/aromatic N) is 2. The Morgan fingerprint density at radius 2 is 1.64 bits per heavy atom. The van der Waals surface area contributed by atoms with Crippen LogP contribution in [0.25, 0.3) is 0 Å². The van der Waals surface area contributed by atoms with E-state index in [4.69, 9.17) is 15.2 Å². The van der Waals surface area contributed by atoms with Crippen molar-refractivity contribution < 1.29 is 32.6 Å². The number of piperidine rings is 1. The summed E-state index contributed by atoms with van der Waals surface area (Å²) < 4.78 is 39.5. The molecule has 3 aromatic carbocycles. The molecule has 2 fully saturated rings. The van der Waals surface area contributed by atoms with E-state index in [1.54, 1.807) is 29.2 Å². The van der Waals surface area contributed by atoms with Gasteiger partial charge in [-0.3, -0.25) is 14.5 Å². The molecule has 2 heterocycles. The second-order valence-corrected chi connectivity index (χ2v) is 11.9. The van der Waals surface area contributed by atoms with Crippen molar-refractivity contribution in [2.45, 2.75) is 57.7 Å². The topological polar surface area (TPSA) is 126 Å². The highest BCUT2D eigenvalue weighted by Crippen LogP contribution is 2.27. The standard InChI is InChI=1S/C35H41F2N5O5/c1-2-3-4-26-19-25(39-35(45)40-32-20-29(33(38)43)30(36)21-31(32)37)13-14-42(26)22-23-5-9-27(10-6-23)47-28-11-7-24(8-12-28)34(44)41-15-17-46-18-16-41/h5-12,20-21,25-26H,2-4,13-19,22H2,1H3,(H2,38,43)(H2,39,40,45). The maximum Gasteiger partial charge on any atom is 0.319 e. The average Bonchev–Trinajstić information content (AvgIpc) is 3.07. The van der Waals surface area contributed by atoms with E-state index in [9.17, 15) is 23.2 Å². The summed E-state index contributed by atoms with van der Waals surface area (Å²) in [5, 5.41) is 5.30. The van der Waals surface area contributed by atoms with Crippen molar-refractivity contribution in [2.24, 2.45) is 5.73 Å². The van der Waals surface area contributed by atoms with E-state index >= 15 is 0 Å². The van der Waals surface area contributed by atoms with Crippen molar-refractivity contribution >= 4 is 23.5 Å². The highest BCUT2D eigenvalue weighted by Gasteiger charge is 2.29. The minimum atomic E-state index is -1.09. The summed E-state index contributed by atoms with van der Waals surface area (Å²) in [4.78, 5) is 41.1. The molecule has 250 valence electrons. The van der Waals surface area contributed by atoms with Crippen LogP contribution in [0, 0.1) is 11.6 Å². The first kappa shape index (κ1) is 33.8. The zero-order valence-corrected chi connectivity index (χ0v) is 26.5. The largest absolute Gasteiger partial charge is 0.457 e. The van der Waals surface area contributed by atoms with Gasteiger partial charge in [-0.1, -0.05) is 31.9 Å². The number of nitrogens with one attached hydrogen (secondary N) is 2. The minimum absolute atomic E-state index is 0.00919. The number of hydrogen-bond donors (Lipinski definition) is 3. The summed E-state index contributed by atoms with van der Waals surface area (Å²) in [6.07, 6.45) is 4.47. The van der Waals surface area contributed by atoms with Gasteiger partial charge in [-0.15, -0.1) is 0 Å². The van der Waals surface area contributed by atoms with Crippen molar-refractivity contribution in [3.63, 3.8) is 0 Å². The van der Waals surface area contributed by atoms with Gasteiger partial charge >= 0.3 is 6.03 Å². The lowest BCUT2D eigenvalue weighted by atomic mass is 9.93. The molecule has 2 unspecified atom stereocenters. The zero-order chi connectivity index (χ0) is 33.3. The van der Waals surface area contributed by atoms with Crippen LogP contribution < -0.4 is 21.1 Å². The third-order valence-electron chi connectivity index (χ3n) is 8.58. The number of urea groups is 1. The summed E-state index contributed by atoms with van der Waals surface area (Å²) in [7, 11) is 0. The maximum absolute atomic E-state index is 14.3. The molecule has 0 saturated carbocycles. The number of primary amides is 1. The number of hydrogen-bond acceptors (Lipinski definition) is 6. The molecule has 3 aromatic rings. The summed E-state index contributed by atoms with van der Waals surface area (Å²) in [5.41, 5.74) is 6.09. The molecule has 2 saturated heterocycles. The first-order chi connectivity index (χ1) is 22.7. The molecule has 12 heteroatoms. The van der Waals surface area contributed by atoms with Crippen LogP contribution in [0.3, 0.4) is 0 Å². The molecule has 0 aliphatic carbocycles. The summed E-state index contributed by atoms with van der Waals surface area (Å²) in [6, 6.07) is 16.0. The van der Waals surface area contributed by atoms with Gasteiger partial charge in [-0.2, -0.15) is 0 Å². The number of morpholine rings is 1. The van der Waals surface area contributed by atoms with Crippen molar-refractivity contribution in [1.82, 2.24) is 15.1 Å². The molecule has 47 heavy (non-hydrogen) atoms. The zero-order valence-electron chi connectivity index (χ0n) is 26.5. The van der Waals surface area contributed by atoms with Crippen LogP contribution in [-0.2, 0) is 11.3 Å². The van der Waals surface area contributed by atoms with Gasteiger partial charge in [-0.25, -0.2) is 13.6 Å². The molecule has 0 bridgehead atoms. The second kappa shape index (κ2) is 15.8. The van der Waals surface area contributed by atoms with Crippen molar-refractivity contribution in [2.75, 3.05) is 38.2 Å². The lowest BCUT2D eigenvalue weighted by molar-refractivity contribution is 0.0303. The fraction of sp³-hybridized carbons (Fsp3) is 0.400. The molecule has 4 amide bonds. The lowest BCUT2D eigenvalue weighted by Gasteiger charge is -2.40.